The molecule has 2 aromatic carbocycles. The third-order valence-corrected chi connectivity index (χ3v) is 4.11. The van der Waals surface area contributed by atoms with Crippen molar-refractivity contribution in [2.75, 3.05) is 0 Å². The highest BCUT2D eigenvalue weighted by atomic mass is 16.3. The maximum Gasteiger partial charge on any atom is 0.208 e. The molecule has 0 radical (unpaired) electrons. The van der Waals surface area contributed by atoms with Gasteiger partial charge in [0.25, 0.3) is 0 Å². The Hall–Kier alpha value is -3.14. The first-order chi connectivity index (χ1) is 12.1. The van der Waals surface area contributed by atoms with E-state index in [0.29, 0.717) is 11.1 Å². The van der Waals surface area contributed by atoms with Crippen LogP contribution in [-0.4, -0.2) is 16.6 Å². The summed E-state index contributed by atoms with van der Waals surface area (Å²) in [5, 5.41) is 17.3. The summed E-state index contributed by atoms with van der Waals surface area (Å²) in [6.45, 7) is 10.2. The minimum atomic E-state index is -0.406. The van der Waals surface area contributed by atoms with Crippen molar-refractivity contribution in [1.82, 2.24) is 0 Å². The van der Waals surface area contributed by atoms with Crippen LogP contribution in [0.15, 0.2) is 66.9 Å². The first-order valence-corrected chi connectivity index (χ1v) is 8.29. The molecule has 4 nitrogen and oxygen atoms in total. The standard InChI is InChI=1S/C22H24N2O2/c1-14(15-5-9-17(10-6-15)22(2,3)4)21(26)20(24)13-19(23)16-7-11-18(25)12-8-16/h5-13,23,25H,1,24H2,2-4H3/b20-13-,23-19?. The van der Waals surface area contributed by atoms with Gasteiger partial charge in [-0.2, -0.15) is 0 Å². The zero-order chi connectivity index (χ0) is 19.5. The molecular formula is C22H24N2O2. The highest BCUT2D eigenvalue weighted by Gasteiger charge is 2.16. The number of carbonyl (C=O) groups excluding carboxylic acids is 1. The first-order valence-electron chi connectivity index (χ1n) is 8.29. The van der Waals surface area contributed by atoms with Crippen molar-refractivity contribution in [2.45, 2.75) is 26.2 Å². The van der Waals surface area contributed by atoms with Crippen LogP contribution < -0.4 is 5.73 Å². The summed E-state index contributed by atoms with van der Waals surface area (Å²) < 4.78 is 0. The van der Waals surface area contributed by atoms with Crippen LogP contribution in [-0.2, 0) is 10.2 Å². The van der Waals surface area contributed by atoms with Gasteiger partial charge in [-0.3, -0.25) is 4.79 Å². The second kappa shape index (κ2) is 7.40. The lowest BCUT2D eigenvalue weighted by molar-refractivity contribution is -0.110. The van der Waals surface area contributed by atoms with Crippen molar-refractivity contribution < 1.29 is 9.90 Å². The monoisotopic (exact) mass is 348 g/mol. The third kappa shape index (κ3) is 4.48. The number of aromatic hydroxyl groups is 1. The molecule has 4 heteroatoms. The van der Waals surface area contributed by atoms with Gasteiger partial charge in [0, 0.05) is 5.57 Å². The quantitative estimate of drug-likeness (QED) is 0.559. The molecular weight excluding hydrogens is 324 g/mol. The second-order valence-corrected chi connectivity index (χ2v) is 7.20. The first kappa shape index (κ1) is 19.2. The fourth-order valence-electron chi connectivity index (χ4n) is 2.42. The number of hydrogen-bond donors (Lipinski definition) is 3. The lowest BCUT2D eigenvalue weighted by Crippen LogP contribution is -2.15. The van der Waals surface area contributed by atoms with Crippen LogP contribution in [0, 0.1) is 5.41 Å². The van der Waals surface area contributed by atoms with Crippen LogP contribution in [0.1, 0.15) is 37.5 Å². The molecule has 0 spiro atoms. The van der Waals surface area contributed by atoms with E-state index >= 15 is 0 Å². The summed E-state index contributed by atoms with van der Waals surface area (Å²) in [7, 11) is 0. The summed E-state index contributed by atoms with van der Waals surface area (Å²) in [6, 6.07) is 13.8. The van der Waals surface area contributed by atoms with E-state index in [1.165, 1.54) is 23.8 Å². The Bertz CT molecular complexity index is 868. The van der Waals surface area contributed by atoms with Crippen molar-refractivity contribution in [3.05, 3.63) is 83.6 Å². The Morgan fingerprint density at radius 1 is 1.04 bits per heavy atom. The molecule has 0 atom stereocenters. The van der Waals surface area contributed by atoms with Crippen LogP contribution in [0.3, 0.4) is 0 Å². The van der Waals surface area contributed by atoms with Gasteiger partial charge in [0.15, 0.2) is 0 Å². The SMILES string of the molecule is C=C(C(=O)/C(N)=C/C(=N)c1ccc(O)cc1)c1ccc(C(C)(C)C)cc1. The van der Waals surface area contributed by atoms with E-state index in [4.69, 9.17) is 11.1 Å². The van der Waals surface area contributed by atoms with Crippen LogP contribution in [0.25, 0.3) is 5.57 Å². The minimum absolute atomic E-state index is 0.0298. The molecule has 0 fully saturated rings. The number of Topliss-reactive ketones (excluding diaryl/α,β-unsaturated/α-hetero) is 1. The number of nitrogens with two attached hydrogens (primary N) is 1. The van der Waals surface area contributed by atoms with E-state index in [1.54, 1.807) is 12.1 Å². The van der Waals surface area contributed by atoms with Crippen molar-refractivity contribution >= 4 is 17.1 Å². The predicted molar refractivity (Wildman–Crippen MR) is 106 cm³/mol. The van der Waals surface area contributed by atoms with E-state index in [1.807, 2.05) is 24.3 Å². The van der Waals surface area contributed by atoms with Gasteiger partial charge in [-0.25, -0.2) is 0 Å². The Labute approximate surface area is 154 Å². The van der Waals surface area contributed by atoms with Gasteiger partial charge < -0.3 is 16.2 Å². The third-order valence-electron chi connectivity index (χ3n) is 4.11. The summed E-state index contributed by atoms with van der Waals surface area (Å²) in [5.74, 6) is -0.293. The number of phenolic OH excluding ortho intramolecular Hbond substituents is 1. The second-order valence-electron chi connectivity index (χ2n) is 7.20. The fraction of sp³-hybridized carbons (Fsp3) is 0.182. The molecule has 0 amide bonds. The molecule has 0 aliphatic rings. The molecule has 0 saturated heterocycles. The number of phenols is 1. The van der Waals surface area contributed by atoms with Crippen LogP contribution >= 0.6 is 0 Å². The molecule has 0 aliphatic carbocycles. The van der Waals surface area contributed by atoms with Gasteiger partial charge in [0.2, 0.25) is 5.78 Å². The predicted octanol–water partition coefficient (Wildman–Crippen LogP) is 4.18. The number of benzene rings is 2. The van der Waals surface area contributed by atoms with E-state index in [2.05, 4.69) is 27.4 Å². The summed E-state index contributed by atoms with van der Waals surface area (Å²) in [6.07, 6.45) is 1.31. The fourth-order valence-corrected chi connectivity index (χ4v) is 2.42. The van der Waals surface area contributed by atoms with Gasteiger partial charge in [0.05, 0.1) is 11.4 Å². The van der Waals surface area contributed by atoms with Crippen LogP contribution in [0.5, 0.6) is 5.75 Å². The smallest absolute Gasteiger partial charge is 0.208 e. The number of allylic oxidation sites excluding steroid dienone is 2. The molecule has 26 heavy (non-hydrogen) atoms. The number of ketones is 1. The van der Waals surface area contributed by atoms with Crippen LogP contribution in [0.4, 0.5) is 0 Å². The van der Waals surface area contributed by atoms with Crippen molar-refractivity contribution in [3.8, 4) is 5.75 Å². The van der Waals surface area contributed by atoms with E-state index in [0.717, 1.165) is 0 Å². The Morgan fingerprint density at radius 2 is 1.54 bits per heavy atom. The van der Waals surface area contributed by atoms with Gasteiger partial charge in [-0.05, 0) is 52.4 Å². The Kier molecular flexibility index (Phi) is 5.46. The number of rotatable bonds is 5. The summed E-state index contributed by atoms with van der Waals surface area (Å²) in [5.41, 5.74) is 8.67. The molecule has 134 valence electrons. The summed E-state index contributed by atoms with van der Waals surface area (Å²) >= 11 is 0. The van der Waals surface area contributed by atoms with Crippen molar-refractivity contribution in [1.29, 1.82) is 5.41 Å². The molecule has 0 aliphatic heterocycles. The van der Waals surface area contributed by atoms with Gasteiger partial charge in [0.1, 0.15) is 5.75 Å². The van der Waals surface area contributed by atoms with E-state index in [9.17, 15) is 9.90 Å². The zero-order valence-electron chi connectivity index (χ0n) is 15.3. The lowest BCUT2D eigenvalue weighted by Gasteiger charge is -2.19. The maximum absolute atomic E-state index is 12.5. The molecule has 0 unspecified atom stereocenters. The number of hydrogen-bond acceptors (Lipinski definition) is 4. The van der Waals surface area contributed by atoms with Gasteiger partial charge >= 0.3 is 0 Å². The molecule has 2 rings (SSSR count). The average molecular weight is 348 g/mol. The van der Waals surface area contributed by atoms with Crippen molar-refractivity contribution in [3.63, 3.8) is 0 Å². The minimum Gasteiger partial charge on any atom is -0.508 e. The summed E-state index contributed by atoms with van der Waals surface area (Å²) in [4.78, 5) is 12.5. The normalized spacial score (nSPS) is 11.9. The molecule has 4 N–H and O–H groups in total. The van der Waals surface area contributed by atoms with E-state index < -0.39 is 5.78 Å². The zero-order valence-corrected chi connectivity index (χ0v) is 15.3. The number of carbonyl (C=O) groups is 1. The molecule has 0 bridgehead atoms. The maximum atomic E-state index is 12.5. The highest BCUT2D eigenvalue weighted by Crippen LogP contribution is 2.24. The van der Waals surface area contributed by atoms with Gasteiger partial charge in [-0.15, -0.1) is 0 Å². The lowest BCUT2D eigenvalue weighted by atomic mass is 9.86. The highest BCUT2D eigenvalue weighted by molar-refractivity contribution is 6.29. The van der Waals surface area contributed by atoms with Gasteiger partial charge in [-0.1, -0.05) is 51.6 Å². The largest absolute Gasteiger partial charge is 0.508 e. The van der Waals surface area contributed by atoms with Crippen molar-refractivity contribution in [2.24, 2.45) is 5.73 Å². The molecule has 2 aromatic rings. The molecule has 0 saturated carbocycles. The average Bonchev–Trinajstić information content (AvgIpc) is 2.60. The molecule has 0 aromatic heterocycles. The topological polar surface area (TPSA) is 87.2 Å². The molecule has 0 heterocycles. The Balaban J connectivity index is 2.17. The Morgan fingerprint density at radius 3 is 2.04 bits per heavy atom. The van der Waals surface area contributed by atoms with Crippen LogP contribution in [0.2, 0.25) is 0 Å². The van der Waals surface area contributed by atoms with E-state index in [-0.39, 0.29) is 28.1 Å². The number of nitrogens with one attached hydrogen (secondary N) is 1.